The lowest BCUT2D eigenvalue weighted by Gasteiger charge is -2.06. The Hall–Kier alpha value is -1.77. The summed E-state index contributed by atoms with van der Waals surface area (Å²) in [6.07, 6.45) is 3.04. The summed E-state index contributed by atoms with van der Waals surface area (Å²) in [7, 11) is 0. The summed E-state index contributed by atoms with van der Waals surface area (Å²) in [6, 6.07) is 2.16. The molecule has 0 radical (unpaired) electrons. The summed E-state index contributed by atoms with van der Waals surface area (Å²) in [4.78, 5) is 0. The van der Waals surface area contributed by atoms with Crippen molar-refractivity contribution in [2.45, 2.75) is 25.4 Å². The summed E-state index contributed by atoms with van der Waals surface area (Å²) in [5.74, 6) is 2.84. The predicted molar refractivity (Wildman–Crippen MR) is 58.2 cm³/mol. The van der Waals surface area contributed by atoms with Crippen molar-refractivity contribution in [3.05, 3.63) is 17.8 Å². The lowest BCUT2D eigenvalue weighted by Crippen LogP contribution is -2.11. The van der Waals surface area contributed by atoms with Crippen molar-refractivity contribution in [2.75, 3.05) is 11.9 Å². The van der Waals surface area contributed by atoms with Crippen molar-refractivity contribution >= 4 is 5.82 Å². The quantitative estimate of drug-likeness (QED) is 0.638. The molecule has 1 aromatic heterocycles. The highest BCUT2D eigenvalue weighted by Gasteiger charge is 2.32. The van der Waals surface area contributed by atoms with E-state index >= 15 is 0 Å². The molecule has 1 N–H and O–H groups in total. The molecule has 0 aromatic carbocycles. The minimum Gasteiger partial charge on any atom is -0.369 e. The Kier molecular flexibility index (Phi) is 4.76. The fraction of sp³-hybridized carbons (Fsp3) is 0.455. The van der Waals surface area contributed by atoms with Crippen LogP contribution in [-0.4, -0.2) is 16.7 Å². The molecule has 0 bridgehead atoms. The van der Waals surface area contributed by atoms with Crippen LogP contribution in [0.25, 0.3) is 0 Å². The number of nitrogens with one attached hydrogen (secondary N) is 1. The Morgan fingerprint density at radius 1 is 1.24 bits per heavy atom. The summed E-state index contributed by atoms with van der Waals surface area (Å²) in [6.45, 7) is 0.613. The second-order valence-electron chi connectivity index (χ2n) is 3.39. The van der Waals surface area contributed by atoms with Gasteiger partial charge in [0.05, 0.1) is 0 Å². The van der Waals surface area contributed by atoms with Gasteiger partial charge in [-0.2, -0.15) is 13.2 Å². The third kappa shape index (κ3) is 4.72. The Morgan fingerprint density at radius 2 is 2.00 bits per heavy atom. The number of hydrogen-bond donors (Lipinski definition) is 1. The zero-order valence-corrected chi connectivity index (χ0v) is 9.09. The van der Waals surface area contributed by atoms with Crippen LogP contribution in [0.4, 0.5) is 19.0 Å². The highest BCUT2D eigenvalue weighted by Crippen LogP contribution is 2.26. The maximum absolute atomic E-state index is 12.2. The van der Waals surface area contributed by atoms with Gasteiger partial charge in [-0.05, 0) is 25.0 Å². The molecule has 17 heavy (non-hydrogen) atoms. The van der Waals surface area contributed by atoms with Crippen LogP contribution in [0.2, 0.25) is 0 Å². The standard InChI is InChI=1S/C11H12F3N3/c1-2-3-4-5-8-15-10-7-6-9(16-17-10)11(12,13)14/h1,6-7H,3-5,8H2,(H,15,17). The number of rotatable bonds is 5. The predicted octanol–water partition coefficient (Wildman–Crippen LogP) is 2.71. The monoisotopic (exact) mass is 243 g/mol. The van der Waals surface area contributed by atoms with Gasteiger partial charge in [0.15, 0.2) is 5.69 Å². The van der Waals surface area contributed by atoms with Gasteiger partial charge in [0.1, 0.15) is 5.82 Å². The second kappa shape index (κ2) is 6.09. The Bertz CT molecular complexity index is 378. The summed E-state index contributed by atoms with van der Waals surface area (Å²) >= 11 is 0. The van der Waals surface area contributed by atoms with E-state index in [1.165, 1.54) is 6.07 Å². The third-order valence-corrected chi connectivity index (χ3v) is 2.01. The van der Waals surface area contributed by atoms with Gasteiger partial charge < -0.3 is 5.32 Å². The number of terminal acetylenes is 1. The van der Waals surface area contributed by atoms with E-state index < -0.39 is 11.9 Å². The Labute approximate surface area is 97.4 Å². The molecule has 0 amide bonds. The number of aromatic nitrogens is 2. The molecule has 0 atom stereocenters. The van der Waals surface area contributed by atoms with Crippen LogP contribution in [0.3, 0.4) is 0 Å². The minimum atomic E-state index is -4.45. The average molecular weight is 243 g/mol. The molecule has 0 aliphatic carbocycles. The first-order chi connectivity index (χ1) is 8.04. The van der Waals surface area contributed by atoms with E-state index in [-0.39, 0.29) is 0 Å². The van der Waals surface area contributed by atoms with Crippen LogP contribution in [0.5, 0.6) is 0 Å². The first-order valence-electron chi connectivity index (χ1n) is 5.12. The van der Waals surface area contributed by atoms with E-state index in [2.05, 4.69) is 21.4 Å². The highest BCUT2D eigenvalue weighted by atomic mass is 19.4. The van der Waals surface area contributed by atoms with Crippen molar-refractivity contribution in [1.29, 1.82) is 0 Å². The van der Waals surface area contributed by atoms with Crippen molar-refractivity contribution in [3.8, 4) is 12.3 Å². The molecule has 0 saturated heterocycles. The van der Waals surface area contributed by atoms with Gasteiger partial charge in [0, 0.05) is 13.0 Å². The topological polar surface area (TPSA) is 37.8 Å². The molecule has 0 saturated carbocycles. The van der Waals surface area contributed by atoms with Gasteiger partial charge in [0.2, 0.25) is 0 Å². The molecule has 6 heteroatoms. The Balaban J connectivity index is 2.39. The zero-order chi connectivity index (χ0) is 12.7. The fourth-order valence-corrected chi connectivity index (χ4v) is 1.15. The zero-order valence-electron chi connectivity index (χ0n) is 9.09. The largest absolute Gasteiger partial charge is 0.435 e. The van der Waals surface area contributed by atoms with Gasteiger partial charge in [0.25, 0.3) is 0 Å². The normalized spacial score (nSPS) is 10.9. The minimum absolute atomic E-state index is 0.332. The Morgan fingerprint density at radius 3 is 2.53 bits per heavy atom. The van der Waals surface area contributed by atoms with Gasteiger partial charge in [-0.25, -0.2) is 0 Å². The smallest absolute Gasteiger partial charge is 0.369 e. The van der Waals surface area contributed by atoms with Gasteiger partial charge >= 0.3 is 6.18 Å². The van der Waals surface area contributed by atoms with Crippen molar-refractivity contribution in [1.82, 2.24) is 10.2 Å². The fourth-order valence-electron chi connectivity index (χ4n) is 1.15. The van der Waals surface area contributed by atoms with Crippen LogP contribution in [0, 0.1) is 12.3 Å². The van der Waals surface area contributed by atoms with Crippen LogP contribution < -0.4 is 5.32 Å². The molecule has 1 aromatic rings. The molecule has 0 fully saturated rings. The van der Waals surface area contributed by atoms with Crippen LogP contribution in [-0.2, 0) is 6.18 Å². The molecule has 1 heterocycles. The number of hydrogen-bond acceptors (Lipinski definition) is 3. The average Bonchev–Trinajstić information content (AvgIpc) is 2.28. The van der Waals surface area contributed by atoms with E-state index in [0.29, 0.717) is 18.8 Å². The number of halogens is 3. The molecule has 0 spiro atoms. The number of unbranched alkanes of at least 4 members (excludes halogenated alkanes) is 2. The van der Waals surface area contributed by atoms with Gasteiger partial charge in [-0.15, -0.1) is 22.5 Å². The van der Waals surface area contributed by atoms with Crippen molar-refractivity contribution in [3.63, 3.8) is 0 Å². The molecule has 3 nitrogen and oxygen atoms in total. The lowest BCUT2D eigenvalue weighted by molar-refractivity contribution is -0.141. The van der Waals surface area contributed by atoms with Crippen molar-refractivity contribution in [2.24, 2.45) is 0 Å². The van der Waals surface area contributed by atoms with Crippen LogP contribution in [0.1, 0.15) is 25.0 Å². The second-order valence-corrected chi connectivity index (χ2v) is 3.39. The van der Waals surface area contributed by atoms with Crippen molar-refractivity contribution < 1.29 is 13.2 Å². The van der Waals surface area contributed by atoms with E-state index in [4.69, 9.17) is 6.42 Å². The van der Waals surface area contributed by atoms with E-state index in [0.717, 1.165) is 18.9 Å². The summed E-state index contributed by atoms with van der Waals surface area (Å²) in [5, 5.41) is 9.41. The van der Waals surface area contributed by atoms with Crippen LogP contribution in [0.15, 0.2) is 12.1 Å². The summed E-state index contributed by atoms with van der Waals surface area (Å²) < 4.78 is 36.5. The number of anilines is 1. The molecule has 92 valence electrons. The SMILES string of the molecule is C#CCCCCNc1ccc(C(F)(F)F)nn1. The highest BCUT2D eigenvalue weighted by molar-refractivity contribution is 5.33. The molecule has 0 aliphatic heterocycles. The van der Waals surface area contributed by atoms with E-state index in [1.807, 2.05) is 0 Å². The molecular weight excluding hydrogens is 231 g/mol. The lowest BCUT2D eigenvalue weighted by atomic mass is 10.2. The van der Waals surface area contributed by atoms with Gasteiger partial charge in [-0.3, -0.25) is 0 Å². The van der Waals surface area contributed by atoms with Crippen LogP contribution >= 0.6 is 0 Å². The maximum Gasteiger partial charge on any atom is 0.435 e. The van der Waals surface area contributed by atoms with E-state index in [9.17, 15) is 13.2 Å². The number of alkyl halides is 3. The molecule has 0 unspecified atom stereocenters. The number of nitrogens with zero attached hydrogens (tertiary/aromatic N) is 2. The molecular formula is C11H12F3N3. The first kappa shape index (κ1) is 13.3. The van der Waals surface area contributed by atoms with Gasteiger partial charge in [-0.1, -0.05) is 0 Å². The third-order valence-electron chi connectivity index (χ3n) is 2.01. The maximum atomic E-state index is 12.2. The first-order valence-corrected chi connectivity index (χ1v) is 5.12. The summed E-state index contributed by atoms with van der Waals surface area (Å²) in [5.41, 5.74) is -0.990. The molecule has 1 rings (SSSR count). The van der Waals surface area contributed by atoms with E-state index in [1.54, 1.807) is 0 Å². The molecule has 0 aliphatic rings.